The molecule has 1 aromatic heterocycles. The zero-order chi connectivity index (χ0) is 25.5. The number of nitrogens with zero attached hydrogens (tertiary/aromatic N) is 1. The van der Waals surface area contributed by atoms with Crippen LogP contribution < -0.4 is 5.32 Å². The van der Waals surface area contributed by atoms with Gasteiger partial charge in [-0.2, -0.15) is 0 Å². The number of amides is 1. The zero-order valence-electron chi connectivity index (χ0n) is 21.7. The number of aliphatic hydroxyl groups excluding tert-OH is 3. The minimum absolute atomic E-state index is 0.00152. The van der Waals surface area contributed by atoms with Gasteiger partial charge in [0.2, 0.25) is 5.91 Å². The van der Waals surface area contributed by atoms with Crippen LogP contribution in [0, 0.1) is 24.2 Å². The first kappa shape index (κ1) is 28.7. The van der Waals surface area contributed by atoms with E-state index in [1.54, 1.807) is 11.3 Å². The van der Waals surface area contributed by atoms with Gasteiger partial charge >= 0.3 is 0 Å². The Hall–Kier alpha value is -1.54. The highest BCUT2D eigenvalue weighted by molar-refractivity contribution is 7.09. The fraction of sp³-hybridized carbons (Fsp3) is 0.704. The monoisotopic (exact) mass is 492 g/mol. The van der Waals surface area contributed by atoms with Crippen molar-refractivity contribution in [3.63, 3.8) is 0 Å². The molecule has 2 heterocycles. The Morgan fingerprint density at radius 3 is 2.62 bits per heavy atom. The Labute approximate surface area is 209 Å². The van der Waals surface area contributed by atoms with E-state index < -0.39 is 17.6 Å². The van der Waals surface area contributed by atoms with Crippen LogP contribution in [0.2, 0.25) is 0 Å². The van der Waals surface area contributed by atoms with E-state index in [0.29, 0.717) is 12.8 Å². The van der Waals surface area contributed by atoms with E-state index in [-0.39, 0.29) is 36.8 Å². The van der Waals surface area contributed by atoms with E-state index in [1.807, 2.05) is 52.2 Å². The second-order valence-electron chi connectivity index (χ2n) is 10.8. The largest absolute Gasteiger partial charge is 0.393 e. The van der Waals surface area contributed by atoms with Crippen LogP contribution in [0.25, 0.3) is 6.08 Å². The average Bonchev–Trinajstić information content (AvgIpc) is 3.17. The molecule has 192 valence electrons. The van der Waals surface area contributed by atoms with E-state index in [0.717, 1.165) is 41.1 Å². The summed E-state index contributed by atoms with van der Waals surface area (Å²) >= 11 is 1.59. The maximum atomic E-state index is 13.0. The van der Waals surface area contributed by atoms with Crippen molar-refractivity contribution in [1.29, 1.82) is 0 Å². The molecule has 1 aliphatic rings. The molecule has 4 N–H and O–H groups in total. The minimum atomic E-state index is -0.819. The molecule has 7 heteroatoms. The fourth-order valence-electron chi connectivity index (χ4n) is 4.84. The third kappa shape index (κ3) is 8.59. The topological polar surface area (TPSA) is 103 Å². The lowest BCUT2D eigenvalue weighted by molar-refractivity contribution is -0.125. The molecule has 1 aromatic rings. The standard InChI is InChI=1S/C27H44N2O4S/c1-17-8-7-9-21(15-30)10-11-23(18(2)12-22-16-34-20(4)28-22)29-25(32)13-24(31)27(5,6)14-19(3)26(17)33/h10,12,16-17,19,23-24,26,30-31,33H,7-9,11,13-15H2,1-6H3,(H,29,32)/b18-12+,21-10+/t17?,19?,23?,24-,26-/m0/s1. The van der Waals surface area contributed by atoms with E-state index in [9.17, 15) is 20.1 Å². The Balaban J connectivity index is 2.31. The molecule has 0 saturated carbocycles. The smallest absolute Gasteiger partial charge is 0.223 e. The summed E-state index contributed by atoms with van der Waals surface area (Å²) in [7, 11) is 0. The van der Waals surface area contributed by atoms with Crippen molar-refractivity contribution in [2.45, 2.75) is 98.3 Å². The van der Waals surface area contributed by atoms with Crippen LogP contribution in [-0.4, -0.2) is 51.1 Å². The van der Waals surface area contributed by atoms with E-state index in [2.05, 4.69) is 17.2 Å². The quantitative estimate of drug-likeness (QED) is 0.461. The molecular weight excluding hydrogens is 448 g/mol. The van der Waals surface area contributed by atoms with Gasteiger partial charge in [0.05, 0.1) is 42.0 Å². The lowest BCUT2D eigenvalue weighted by Crippen LogP contribution is -2.42. The van der Waals surface area contributed by atoms with Gasteiger partial charge in [-0.25, -0.2) is 4.98 Å². The molecule has 0 bridgehead atoms. The number of carbonyl (C=O) groups is 1. The Morgan fingerprint density at radius 2 is 2.00 bits per heavy atom. The number of rotatable bonds is 3. The van der Waals surface area contributed by atoms with Crippen molar-refractivity contribution in [2.24, 2.45) is 17.3 Å². The molecule has 34 heavy (non-hydrogen) atoms. The van der Waals surface area contributed by atoms with Crippen molar-refractivity contribution in [3.05, 3.63) is 33.3 Å². The summed E-state index contributed by atoms with van der Waals surface area (Å²) in [6, 6.07) is -0.251. The first-order valence-corrected chi connectivity index (χ1v) is 13.4. The summed E-state index contributed by atoms with van der Waals surface area (Å²) in [5, 5.41) is 37.7. The molecule has 6 nitrogen and oxygen atoms in total. The average molecular weight is 493 g/mol. The van der Waals surface area contributed by atoms with Crippen LogP contribution >= 0.6 is 11.3 Å². The van der Waals surface area contributed by atoms with E-state index in [1.165, 1.54) is 0 Å². The maximum Gasteiger partial charge on any atom is 0.223 e. The third-order valence-electron chi connectivity index (χ3n) is 7.19. The van der Waals surface area contributed by atoms with Crippen LogP contribution in [0.1, 0.15) is 83.8 Å². The van der Waals surface area contributed by atoms with Gasteiger partial charge in [-0.3, -0.25) is 4.79 Å². The molecule has 0 aromatic carbocycles. The van der Waals surface area contributed by atoms with E-state index in [4.69, 9.17) is 0 Å². The summed E-state index contributed by atoms with van der Waals surface area (Å²) in [5.74, 6) is -0.0815. The molecule has 1 amide bonds. The van der Waals surface area contributed by atoms with Crippen LogP contribution in [0.15, 0.2) is 22.6 Å². The normalized spacial score (nSPS) is 32.0. The molecule has 5 atom stereocenters. The van der Waals surface area contributed by atoms with Crippen LogP contribution in [0.5, 0.6) is 0 Å². The van der Waals surface area contributed by atoms with Gasteiger partial charge in [-0.05, 0) is 80.4 Å². The van der Waals surface area contributed by atoms with Gasteiger partial charge in [0, 0.05) is 5.38 Å². The number of nitrogens with one attached hydrogen (secondary N) is 1. The summed E-state index contributed by atoms with van der Waals surface area (Å²) in [6.45, 7) is 11.9. The van der Waals surface area contributed by atoms with Crippen molar-refractivity contribution >= 4 is 23.3 Å². The van der Waals surface area contributed by atoms with Gasteiger partial charge in [0.15, 0.2) is 0 Å². The number of carbonyl (C=O) groups excluding carboxylic acids is 1. The fourth-order valence-corrected chi connectivity index (χ4v) is 5.41. The number of thiazole rings is 1. The van der Waals surface area contributed by atoms with Crippen molar-refractivity contribution in [3.8, 4) is 0 Å². The Kier molecular flexibility index (Phi) is 10.9. The number of aliphatic hydroxyl groups is 3. The number of hydrogen-bond acceptors (Lipinski definition) is 6. The number of hydrogen-bond donors (Lipinski definition) is 4. The van der Waals surface area contributed by atoms with Gasteiger partial charge in [0.1, 0.15) is 0 Å². The predicted octanol–water partition coefficient (Wildman–Crippen LogP) is 4.63. The molecule has 0 spiro atoms. The third-order valence-corrected chi connectivity index (χ3v) is 7.99. The van der Waals surface area contributed by atoms with Gasteiger partial charge in [-0.15, -0.1) is 11.3 Å². The summed E-state index contributed by atoms with van der Waals surface area (Å²) in [6.07, 6.45) is 6.42. The molecule has 0 radical (unpaired) electrons. The van der Waals surface area contributed by atoms with Gasteiger partial charge in [0.25, 0.3) is 0 Å². The first-order chi connectivity index (χ1) is 15.9. The van der Waals surface area contributed by atoms with Gasteiger partial charge in [-0.1, -0.05) is 33.8 Å². The molecule has 0 aliphatic carbocycles. The van der Waals surface area contributed by atoms with Crippen LogP contribution in [-0.2, 0) is 4.79 Å². The summed E-state index contributed by atoms with van der Waals surface area (Å²) in [5.41, 5.74) is 2.29. The first-order valence-electron chi connectivity index (χ1n) is 12.5. The zero-order valence-corrected chi connectivity index (χ0v) is 22.5. The SMILES string of the molecule is C/C(=C\c1csc(C)n1)C1C/C=C(/CO)CCCC(C)[C@H](O)C(C)CC(C)(C)[C@@H](O)CC(=O)N1. The highest BCUT2D eigenvalue weighted by atomic mass is 32.1. The Bertz CT molecular complexity index is 861. The van der Waals surface area contributed by atoms with Crippen molar-refractivity contribution in [2.75, 3.05) is 6.61 Å². The van der Waals surface area contributed by atoms with Crippen molar-refractivity contribution < 1.29 is 20.1 Å². The van der Waals surface area contributed by atoms with Crippen LogP contribution in [0.3, 0.4) is 0 Å². The predicted molar refractivity (Wildman–Crippen MR) is 139 cm³/mol. The number of aromatic nitrogens is 1. The molecule has 1 aliphatic heterocycles. The lowest BCUT2D eigenvalue weighted by Gasteiger charge is -2.36. The second kappa shape index (κ2) is 13.0. The van der Waals surface area contributed by atoms with Crippen LogP contribution in [0.4, 0.5) is 0 Å². The second-order valence-corrected chi connectivity index (χ2v) is 11.9. The van der Waals surface area contributed by atoms with Gasteiger partial charge < -0.3 is 20.6 Å². The minimum Gasteiger partial charge on any atom is -0.393 e. The molecule has 2 rings (SSSR count). The summed E-state index contributed by atoms with van der Waals surface area (Å²) < 4.78 is 0. The highest BCUT2D eigenvalue weighted by Crippen LogP contribution is 2.34. The van der Waals surface area contributed by atoms with E-state index >= 15 is 0 Å². The maximum absolute atomic E-state index is 13.0. The lowest BCUT2D eigenvalue weighted by atomic mass is 9.74. The molecule has 0 saturated heterocycles. The number of aryl methyl sites for hydroxylation is 1. The summed E-state index contributed by atoms with van der Waals surface area (Å²) in [4.78, 5) is 17.5. The molecular formula is C27H44N2O4S. The molecule has 3 unspecified atom stereocenters. The Morgan fingerprint density at radius 1 is 1.29 bits per heavy atom. The molecule has 0 fully saturated rings. The van der Waals surface area contributed by atoms with Crippen molar-refractivity contribution in [1.82, 2.24) is 10.3 Å². The highest BCUT2D eigenvalue weighted by Gasteiger charge is 2.34.